The summed E-state index contributed by atoms with van der Waals surface area (Å²) in [7, 11) is 0. The Morgan fingerprint density at radius 1 is 1.40 bits per heavy atom. The van der Waals surface area contributed by atoms with Crippen molar-refractivity contribution in [2.24, 2.45) is 5.73 Å². The van der Waals surface area contributed by atoms with Gasteiger partial charge in [0.2, 0.25) is 0 Å². The summed E-state index contributed by atoms with van der Waals surface area (Å²) in [5.74, 6) is 0. The Bertz CT molecular complexity index is 301. The second-order valence-corrected chi connectivity index (χ2v) is 3.71. The van der Waals surface area contributed by atoms with Crippen LogP contribution in [0.1, 0.15) is 12.5 Å². The molecule has 0 aliphatic heterocycles. The summed E-state index contributed by atoms with van der Waals surface area (Å²) in [4.78, 5) is 2.15. The maximum Gasteiger partial charge on any atom is 0.0836 e. The molecule has 1 unspecified atom stereocenters. The number of likely N-dealkylation sites (N-methyl/N-ethyl adjacent to an activating group) is 1. The van der Waals surface area contributed by atoms with Crippen LogP contribution >= 0.6 is 0 Å². The number of hydrogen-bond donors (Lipinski definition) is 2. The van der Waals surface area contributed by atoms with Crippen LogP contribution in [0.15, 0.2) is 24.3 Å². The number of benzene rings is 1. The molecule has 0 saturated carbocycles. The van der Waals surface area contributed by atoms with Crippen LogP contribution in [0.25, 0.3) is 0 Å². The average molecular weight is 208 g/mol. The number of anilines is 1. The van der Waals surface area contributed by atoms with Gasteiger partial charge in [0.25, 0.3) is 0 Å². The van der Waals surface area contributed by atoms with Crippen LogP contribution in [0, 0.1) is 6.92 Å². The van der Waals surface area contributed by atoms with Crippen LogP contribution in [0.2, 0.25) is 0 Å². The third kappa shape index (κ3) is 3.22. The number of para-hydroxylation sites is 1. The SMILES string of the molecule is CCN(CC(O)CN)c1ccccc1C. The lowest BCUT2D eigenvalue weighted by Crippen LogP contribution is -2.36. The van der Waals surface area contributed by atoms with Crippen molar-refractivity contribution >= 4 is 5.69 Å². The molecule has 0 heterocycles. The minimum Gasteiger partial charge on any atom is -0.390 e. The fraction of sp³-hybridized carbons (Fsp3) is 0.500. The van der Waals surface area contributed by atoms with Gasteiger partial charge in [0.05, 0.1) is 6.10 Å². The monoisotopic (exact) mass is 208 g/mol. The van der Waals surface area contributed by atoms with E-state index in [1.54, 1.807) is 0 Å². The van der Waals surface area contributed by atoms with Crippen LogP contribution in [-0.2, 0) is 0 Å². The summed E-state index contributed by atoms with van der Waals surface area (Å²) in [6, 6.07) is 8.18. The van der Waals surface area contributed by atoms with Gasteiger partial charge in [0.1, 0.15) is 0 Å². The Labute approximate surface area is 91.5 Å². The van der Waals surface area contributed by atoms with Crippen LogP contribution in [0.5, 0.6) is 0 Å². The number of rotatable bonds is 5. The van der Waals surface area contributed by atoms with Crippen molar-refractivity contribution < 1.29 is 5.11 Å². The Morgan fingerprint density at radius 3 is 2.60 bits per heavy atom. The predicted octanol–water partition coefficient (Wildman–Crippen LogP) is 1.14. The van der Waals surface area contributed by atoms with Gasteiger partial charge in [-0.1, -0.05) is 18.2 Å². The molecule has 0 bridgehead atoms. The highest BCUT2D eigenvalue weighted by molar-refractivity contribution is 5.52. The first-order valence-electron chi connectivity index (χ1n) is 5.37. The molecule has 1 aromatic carbocycles. The van der Waals surface area contributed by atoms with Crippen LogP contribution < -0.4 is 10.6 Å². The summed E-state index contributed by atoms with van der Waals surface area (Å²) in [5.41, 5.74) is 7.81. The summed E-state index contributed by atoms with van der Waals surface area (Å²) in [6.45, 7) is 5.94. The van der Waals surface area contributed by atoms with Crippen molar-refractivity contribution in [1.29, 1.82) is 0 Å². The van der Waals surface area contributed by atoms with Gasteiger partial charge in [-0.25, -0.2) is 0 Å². The van der Waals surface area contributed by atoms with Crippen molar-refractivity contribution in [1.82, 2.24) is 0 Å². The van der Waals surface area contributed by atoms with E-state index in [0.29, 0.717) is 13.1 Å². The topological polar surface area (TPSA) is 49.5 Å². The second-order valence-electron chi connectivity index (χ2n) is 3.71. The molecule has 1 atom stereocenters. The molecule has 1 rings (SSSR count). The van der Waals surface area contributed by atoms with Gasteiger partial charge < -0.3 is 15.7 Å². The zero-order valence-corrected chi connectivity index (χ0v) is 9.48. The number of aliphatic hydroxyl groups is 1. The van der Waals surface area contributed by atoms with Crippen LogP contribution in [0.4, 0.5) is 5.69 Å². The molecule has 0 aromatic heterocycles. The molecular weight excluding hydrogens is 188 g/mol. The number of aliphatic hydroxyl groups excluding tert-OH is 1. The largest absolute Gasteiger partial charge is 0.390 e. The van der Waals surface area contributed by atoms with E-state index < -0.39 is 6.10 Å². The molecule has 0 amide bonds. The van der Waals surface area contributed by atoms with Crippen molar-refractivity contribution in [3.63, 3.8) is 0 Å². The first kappa shape index (κ1) is 12.0. The fourth-order valence-corrected chi connectivity index (χ4v) is 1.64. The first-order chi connectivity index (χ1) is 7.19. The van der Waals surface area contributed by atoms with E-state index in [1.165, 1.54) is 11.3 Å². The number of hydrogen-bond acceptors (Lipinski definition) is 3. The lowest BCUT2D eigenvalue weighted by atomic mass is 10.1. The molecule has 3 N–H and O–H groups in total. The summed E-state index contributed by atoms with van der Waals surface area (Å²) >= 11 is 0. The molecule has 0 fully saturated rings. The normalized spacial score (nSPS) is 12.5. The molecule has 84 valence electrons. The van der Waals surface area contributed by atoms with Crippen molar-refractivity contribution in [2.75, 3.05) is 24.5 Å². The molecule has 0 radical (unpaired) electrons. The van der Waals surface area contributed by atoms with Crippen LogP contribution in [0.3, 0.4) is 0 Å². The molecule has 0 aliphatic rings. The van der Waals surface area contributed by atoms with Gasteiger partial charge in [-0.15, -0.1) is 0 Å². The molecule has 0 spiro atoms. The Hall–Kier alpha value is -1.06. The van der Waals surface area contributed by atoms with Crippen molar-refractivity contribution in [3.8, 4) is 0 Å². The Morgan fingerprint density at radius 2 is 2.07 bits per heavy atom. The Kier molecular flexibility index (Phi) is 4.59. The number of nitrogens with zero attached hydrogens (tertiary/aromatic N) is 1. The zero-order chi connectivity index (χ0) is 11.3. The third-order valence-corrected chi connectivity index (χ3v) is 2.54. The highest BCUT2D eigenvalue weighted by Crippen LogP contribution is 2.18. The third-order valence-electron chi connectivity index (χ3n) is 2.54. The average Bonchev–Trinajstić information content (AvgIpc) is 2.26. The van der Waals surface area contributed by atoms with E-state index in [4.69, 9.17) is 5.73 Å². The summed E-state index contributed by atoms with van der Waals surface area (Å²) in [5, 5.41) is 9.54. The lowest BCUT2D eigenvalue weighted by Gasteiger charge is -2.26. The van der Waals surface area contributed by atoms with Crippen LogP contribution in [-0.4, -0.2) is 30.8 Å². The zero-order valence-electron chi connectivity index (χ0n) is 9.48. The number of aryl methyl sites for hydroxylation is 1. The quantitative estimate of drug-likeness (QED) is 0.763. The minimum atomic E-state index is -0.454. The standard InChI is InChI=1S/C12H20N2O/c1-3-14(9-11(15)8-13)12-7-5-4-6-10(12)2/h4-7,11,15H,3,8-9,13H2,1-2H3. The van der Waals surface area contributed by atoms with Gasteiger partial charge in [-0.2, -0.15) is 0 Å². The van der Waals surface area contributed by atoms with E-state index >= 15 is 0 Å². The molecule has 1 aromatic rings. The van der Waals surface area contributed by atoms with E-state index in [0.717, 1.165) is 6.54 Å². The molecule has 3 nitrogen and oxygen atoms in total. The molecule has 3 heteroatoms. The highest BCUT2D eigenvalue weighted by Gasteiger charge is 2.10. The van der Waals surface area contributed by atoms with E-state index in [2.05, 4.69) is 30.9 Å². The second kappa shape index (κ2) is 5.73. The Balaban J connectivity index is 2.78. The van der Waals surface area contributed by atoms with Gasteiger partial charge in [0.15, 0.2) is 0 Å². The van der Waals surface area contributed by atoms with Crippen molar-refractivity contribution in [3.05, 3.63) is 29.8 Å². The van der Waals surface area contributed by atoms with E-state index in [-0.39, 0.29) is 0 Å². The lowest BCUT2D eigenvalue weighted by molar-refractivity contribution is 0.188. The van der Waals surface area contributed by atoms with Gasteiger partial charge in [-0.3, -0.25) is 0 Å². The molecule has 15 heavy (non-hydrogen) atoms. The molecule has 0 saturated heterocycles. The summed E-state index contributed by atoms with van der Waals surface area (Å²) < 4.78 is 0. The van der Waals surface area contributed by atoms with E-state index in [9.17, 15) is 5.11 Å². The van der Waals surface area contributed by atoms with Gasteiger partial charge in [0, 0.05) is 25.3 Å². The predicted molar refractivity (Wildman–Crippen MR) is 64.1 cm³/mol. The maximum atomic E-state index is 9.54. The van der Waals surface area contributed by atoms with Gasteiger partial charge >= 0.3 is 0 Å². The number of nitrogens with two attached hydrogens (primary N) is 1. The minimum absolute atomic E-state index is 0.308. The first-order valence-corrected chi connectivity index (χ1v) is 5.37. The van der Waals surface area contributed by atoms with E-state index in [1.807, 2.05) is 12.1 Å². The maximum absolute atomic E-state index is 9.54. The fourth-order valence-electron chi connectivity index (χ4n) is 1.64. The van der Waals surface area contributed by atoms with Crippen molar-refractivity contribution in [2.45, 2.75) is 20.0 Å². The smallest absolute Gasteiger partial charge is 0.0836 e. The molecule has 0 aliphatic carbocycles. The highest BCUT2D eigenvalue weighted by atomic mass is 16.3. The summed E-state index contributed by atoms with van der Waals surface area (Å²) in [6.07, 6.45) is -0.454. The van der Waals surface area contributed by atoms with Gasteiger partial charge in [-0.05, 0) is 25.5 Å². The molecular formula is C12H20N2O.